The molecule has 0 heterocycles. The molecule has 0 unspecified atom stereocenters. The van der Waals surface area contributed by atoms with Crippen LogP contribution in [-0.2, 0) is 11.2 Å². The molecule has 14 nitrogen and oxygen atoms in total. The molecule has 0 spiro atoms. The van der Waals surface area contributed by atoms with Crippen molar-refractivity contribution in [1.29, 1.82) is 0 Å². The molecule has 2 aromatic rings. The third-order valence-corrected chi connectivity index (χ3v) is 7.05. The minimum atomic E-state index is -0.637. The maximum absolute atomic E-state index is 12.6. The predicted octanol–water partition coefficient (Wildman–Crippen LogP) is 4.86. The SMILES string of the molecule is CCN(C)C(=O)Oc1ccc(/C=C/C(=O)NCCc2ccc(OC(=O)N(C)CC)c(OC(=O)N(C)CC)c2)cc1OC(=O)N(C)CC. The third-order valence-electron chi connectivity index (χ3n) is 7.05. The summed E-state index contributed by atoms with van der Waals surface area (Å²) in [4.78, 5) is 67.5. The van der Waals surface area contributed by atoms with E-state index in [2.05, 4.69) is 5.32 Å². The van der Waals surface area contributed by atoms with Gasteiger partial charge in [0.25, 0.3) is 0 Å². The number of rotatable bonds is 13. The van der Waals surface area contributed by atoms with Gasteiger partial charge in [-0.2, -0.15) is 0 Å². The van der Waals surface area contributed by atoms with Gasteiger partial charge in [0, 0.05) is 67.0 Å². The topological polar surface area (TPSA) is 147 Å². The van der Waals surface area contributed by atoms with Crippen molar-refractivity contribution in [1.82, 2.24) is 24.9 Å². The van der Waals surface area contributed by atoms with Gasteiger partial charge in [-0.25, -0.2) is 19.2 Å². The van der Waals surface area contributed by atoms with E-state index in [1.165, 1.54) is 50.0 Å². The molecule has 0 aliphatic carbocycles. The van der Waals surface area contributed by atoms with Crippen LogP contribution in [0.4, 0.5) is 19.2 Å². The molecule has 0 saturated carbocycles. The van der Waals surface area contributed by atoms with Crippen LogP contribution < -0.4 is 24.3 Å². The number of nitrogens with one attached hydrogen (secondary N) is 1. The number of amides is 5. The molecular weight excluding hydrogens is 610 g/mol. The van der Waals surface area contributed by atoms with Crippen LogP contribution in [0.1, 0.15) is 38.8 Å². The van der Waals surface area contributed by atoms with Crippen molar-refractivity contribution in [2.45, 2.75) is 34.1 Å². The Bertz CT molecular complexity index is 1450. The lowest BCUT2D eigenvalue weighted by Gasteiger charge is -2.19. The number of hydrogen-bond acceptors (Lipinski definition) is 9. The second-order valence-electron chi connectivity index (χ2n) is 10.4. The molecule has 2 rings (SSSR count). The standard InChI is InChI=1S/C33H45N5O9/c1-9-35(5)30(40)44-25-16-13-23(21-27(25)46-32(42)37(7)11-3)15-18-29(39)34-20-19-24-14-17-26(45-31(41)36(6)10-2)28(22-24)47-33(43)38(8)12-4/h13-18,21-22H,9-12,19-20H2,1-8H3,(H,34,39)/b18-15+. The first-order valence-corrected chi connectivity index (χ1v) is 15.3. The fourth-order valence-electron chi connectivity index (χ4n) is 3.43. The molecule has 1 N–H and O–H groups in total. The van der Waals surface area contributed by atoms with Crippen LogP contribution in [0.15, 0.2) is 42.5 Å². The van der Waals surface area contributed by atoms with Gasteiger partial charge >= 0.3 is 24.4 Å². The van der Waals surface area contributed by atoms with Crippen molar-refractivity contribution in [3.63, 3.8) is 0 Å². The minimum absolute atomic E-state index is 0.0211. The van der Waals surface area contributed by atoms with E-state index in [0.29, 0.717) is 38.2 Å². The van der Waals surface area contributed by atoms with Crippen LogP contribution in [-0.4, -0.2) is 111 Å². The molecule has 0 aromatic heterocycles. The second kappa shape index (κ2) is 18.6. The van der Waals surface area contributed by atoms with E-state index < -0.39 is 30.3 Å². The van der Waals surface area contributed by atoms with Crippen molar-refractivity contribution in [3.05, 3.63) is 53.6 Å². The van der Waals surface area contributed by atoms with Crippen molar-refractivity contribution in [3.8, 4) is 23.0 Å². The Labute approximate surface area is 275 Å². The highest BCUT2D eigenvalue weighted by Crippen LogP contribution is 2.31. The fourth-order valence-corrected chi connectivity index (χ4v) is 3.43. The minimum Gasteiger partial charge on any atom is -0.406 e. The Morgan fingerprint density at radius 1 is 0.596 bits per heavy atom. The Morgan fingerprint density at radius 3 is 1.45 bits per heavy atom. The van der Waals surface area contributed by atoms with Crippen LogP contribution >= 0.6 is 0 Å². The van der Waals surface area contributed by atoms with Gasteiger partial charge in [0.05, 0.1) is 0 Å². The zero-order chi connectivity index (χ0) is 35.1. The highest BCUT2D eigenvalue weighted by Gasteiger charge is 2.20. The number of ether oxygens (including phenoxy) is 4. The van der Waals surface area contributed by atoms with Gasteiger partial charge in [0.15, 0.2) is 23.0 Å². The molecule has 0 radical (unpaired) electrons. The summed E-state index contributed by atoms with van der Waals surface area (Å²) in [5.74, 6) is -0.145. The van der Waals surface area contributed by atoms with Crippen LogP contribution in [0.3, 0.4) is 0 Å². The molecule has 0 bridgehead atoms. The molecule has 2 aromatic carbocycles. The highest BCUT2D eigenvalue weighted by atomic mass is 16.6. The highest BCUT2D eigenvalue weighted by molar-refractivity contribution is 5.92. The predicted molar refractivity (Wildman–Crippen MR) is 176 cm³/mol. The summed E-state index contributed by atoms with van der Waals surface area (Å²) in [5.41, 5.74) is 1.25. The van der Waals surface area contributed by atoms with Gasteiger partial charge in [0.2, 0.25) is 5.91 Å². The van der Waals surface area contributed by atoms with E-state index in [4.69, 9.17) is 18.9 Å². The molecule has 0 saturated heterocycles. The molecular formula is C33H45N5O9. The van der Waals surface area contributed by atoms with Crippen LogP contribution in [0.25, 0.3) is 6.08 Å². The number of carbonyl (C=O) groups is 5. The molecule has 256 valence electrons. The normalized spacial score (nSPS) is 10.6. The summed E-state index contributed by atoms with van der Waals surface area (Å²) in [6, 6.07) is 9.43. The molecule has 14 heteroatoms. The van der Waals surface area contributed by atoms with E-state index in [0.717, 1.165) is 5.56 Å². The van der Waals surface area contributed by atoms with Crippen molar-refractivity contribution in [2.24, 2.45) is 0 Å². The number of hydrogen-bond donors (Lipinski definition) is 1. The molecule has 47 heavy (non-hydrogen) atoms. The molecule has 0 atom stereocenters. The van der Waals surface area contributed by atoms with Gasteiger partial charge < -0.3 is 43.9 Å². The fraction of sp³-hybridized carbons (Fsp3) is 0.424. The maximum Gasteiger partial charge on any atom is 0.415 e. The van der Waals surface area contributed by atoms with Gasteiger partial charge in [0.1, 0.15) is 0 Å². The average Bonchev–Trinajstić information content (AvgIpc) is 3.07. The summed E-state index contributed by atoms with van der Waals surface area (Å²) < 4.78 is 21.8. The maximum atomic E-state index is 12.6. The van der Waals surface area contributed by atoms with Gasteiger partial charge in [-0.1, -0.05) is 12.1 Å². The monoisotopic (exact) mass is 655 g/mol. The quantitative estimate of drug-likeness (QED) is 0.299. The Balaban J connectivity index is 2.14. The van der Waals surface area contributed by atoms with Crippen LogP contribution in [0.5, 0.6) is 23.0 Å². The van der Waals surface area contributed by atoms with Crippen molar-refractivity contribution < 1.29 is 42.9 Å². The first-order valence-electron chi connectivity index (χ1n) is 15.3. The lowest BCUT2D eigenvalue weighted by atomic mass is 10.1. The van der Waals surface area contributed by atoms with Gasteiger partial charge in [-0.3, -0.25) is 4.79 Å². The van der Waals surface area contributed by atoms with Crippen molar-refractivity contribution in [2.75, 3.05) is 60.9 Å². The molecule has 0 aliphatic rings. The first kappa shape index (κ1) is 37.9. The van der Waals surface area contributed by atoms with Gasteiger partial charge in [-0.05, 0) is 75.6 Å². The Hall–Kier alpha value is -5.27. The second-order valence-corrected chi connectivity index (χ2v) is 10.4. The lowest BCUT2D eigenvalue weighted by molar-refractivity contribution is -0.116. The first-order chi connectivity index (χ1) is 22.3. The zero-order valence-corrected chi connectivity index (χ0v) is 28.3. The zero-order valence-electron chi connectivity index (χ0n) is 28.3. The summed E-state index contributed by atoms with van der Waals surface area (Å²) in [6.45, 7) is 9.10. The Morgan fingerprint density at radius 2 is 1.00 bits per heavy atom. The average molecular weight is 656 g/mol. The summed E-state index contributed by atoms with van der Waals surface area (Å²) in [5, 5.41) is 2.78. The number of carbonyl (C=O) groups excluding carboxylic acids is 5. The number of benzene rings is 2. The van der Waals surface area contributed by atoms with E-state index in [1.807, 2.05) is 0 Å². The smallest absolute Gasteiger partial charge is 0.406 e. The van der Waals surface area contributed by atoms with Crippen molar-refractivity contribution >= 4 is 36.4 Å². The van der Waals surface area contributed by atoms with Crippen LogP contribution in [0.2, 0.25) is 0 Å². The lowest BCUT2D eigenvalue weighted by Crippen LogP contribution is -2.31. The van der Waals surface area contributed by atoms with Gasteiger partial charge in [-0.15, -0.1) is 0 Å². The van der Waals surface area contributed by atoms with E-state index in [1.54, 1.807) is 74.1 Å². The van der Waals surface area contributed by atoms with Crippen LogP contribution in [0, 0.1) is 0 Å². The third kappa shape index (κ3) is 11.9. The largest absolute Gasteiger partial charge is 0.415 e. The van der Waals surface area contributed by atoms with E-state index in [9.17, 15) is 24.0 Å². The Kier molecular flexibility index (Phi) is 15.0. The van der Waals surface area contributed by atoms with E-state index in [-0.39, 0.29) is 29.5 Å². The summed E-state index contributed by atoms with van der Waals surface area (Å²) >= 11 is 0. The molecule has 5 amide bonds. The summed E-state index contributed by atoms with van der Waals surface area (Å²) in [7, 11) is 6.32. The van der Waals surface area contributed by atoms with E-state index >= 15 is 0 Å². The number of nitrogens with zero attached hydrogens (tertiary/aromatic N) is 4. The molecule has 0 aliphatic heterocycles. The summed E-state index contributed by atoms with van der Waals surface area (Å²) in [6.07, 6.45) is 0.762. The molecule has 0 fully saturated rings.